The van der Waals surface area contributed by atoms with Crippen molar-refractivity contribution in [3.05, 3.63) is 54.1 Å². The Morgan fingerprint density at radius 1 is 0.533 bits per heavy atom. The fourth-order valence-electron chi connectivity index (χ4n) is 3.99. The van der Waals surface area contributed by atoms with Gasteiger partial charge in [0.25, 0.3) is 0 Å². The minimum absolute atomic E-state index is 0.295. The van der Waals surface area contributed by atoms with Gasteiger partial charge in [0, 0.05) is 11.4 Å². The molecule has 0 atom stereocenters. The molecule has 2 aromatic carbocycles. The molecule has 166 valence electrons. The van der Waals surface area contributed by atoms with Gasteiger partial charge in [-0.15, -0.1) is 0 Å². The first-order chi connectivity index (χ1) is 14.8. The largest absolute Gasteiger partial charge is 0.508 e. The van der Waals surface area contributed by atoms with Crippen LogP contribution in [0.25, 0.3) is 0 Å². The van der Waals surface area contributed by atoms with Crippen LogP contribution < -0.4 is 5.32 Å². The maximum Gasteiger partial charge on any atom is 0.115 e. The van der Waals surface area contributed by atoms with Gasteiger partial charge >= 0.3 is 0 Å². The van der Waals surface area contributed by atoms with Crippen LogP contribution in [0.5, 0.6) is 5.75 Å². The third-order valence-electron chi connectivity index (χ3n) is 5.93. The van der Waals surface area contributed by atoms with E-state index in [0.29, 0.717) is 5.75 Å². The normalized spacial score (nSPS) is 11.0. The van der Waals surface area contributed by atoms with Crippen molar-refractivity contribution in [2.45, 2.75) is 103 Å². The van der Waals surface area contributed by atoms with Crippen molar-refractivity contribution in [1.82, 2.24) is 0 Å². The van der Waals surface area contributed by atoms with Gasteiger partial charge in [-0.3, -0.25) is 0 Å². The van der Waals surface area contributed by atoms with Gasteiger partial charge in [-0.05, 0) is 54.8 Å². The molecule has 0 aliphatic heterocycles. The summed E-state index contributed by atoms with van der Waals surface area (Å²) in [4.78, 5) is 0. The van der Waals surface area contributed by atoms with E-state index in [2.05, 4.69) is 36.5 Å². The van der Waals surface area contributed by atoms with Gasteiger partial charge in [0.15, 0.2) is 0 Å². The second kappa shape index (κ2) is 15.8. The van der Waals surface area contributed by atoms with Crippen LogP contribution in [0, 0.1) is 0 Å². The summed E-state index contributed by atoms with van der Waals surface area (Å²) in [7, 11) is 0. The van der Waals surface area contributed by atoms with E-state index < -0.39 is 0 Å². The summed E-state index contributed by atoms with van der Waals surface area (Å²) in [6.07, 6.45) is 20.9. The molecular weight excluding hydrogens is 366 g/mol. The number of aryl methyl sites for hydroxylation is 1. The summed E-state index contributed by atoms with van der Waals surface area (Å²) in [5, 5.41) is 12.7. The van der Waals surface area contributed by atoms with Crippen molar-refractivity contribution in [2.75, 3.05) is 5.32 Å². The van der Waals surface area contributed by atoms with E-state index in [1.807, 2.05) is 12.1 Å². The lowest BCUT2D eigenvalue weighted by Crippen LogP contribution is -1.91. The lowest BCUT2D eigenvalue weighted by atomic mass is 10.0. The zero-order valence-electron chi connectivity index (χ0n) is 19.2. The highest BCUT2D eigenvalue weighted by molar-refractivity contribution is 5.60. The molecule has 0 bridgehead atoms. The van der Waals surface area contributed by atoms with Crippen LogP contribution in [-0.2, 0) is 6.42 Å². The van der Waals surface area contributed by atoms with Crippen LogP contribution in [0.15, 0.2) is 48.5 Å². The average molecular weight is 410 g/mol. The molecule has 0 aliphatic carbocycles. The molecule has 0 radical (unpaired) electrons. The lowest BCUT2D eigenvalue weighted by molar-refractivity contribution is 0.475. The summed E-state index contributed by atoms with van der Waals surface area (Å²) in [5.41, 5.74) is 3.50. The van der Waals surface area contributed by atoms with Crippen molar-refractivity contribution in [2.24, 2.45) is 0 Å². The summed E-state index contributed by atoms with van der Waals surface area (Å²) in [6.45, 7) is 2.29. The van der Waals surface area contributed by atoms with Crippen molar-refractivity contribution in [3.8, 4) is 5.75 Å². The molecule has 0 aliphatic rings. The van der Waals surface area contributed by atoms with Crippen molar-refractivity contribution in [1.29, 1.82) is 0 Å². The van der Waals surface area contributed by atoms with Crippen molar-refractivity contribution in [3.63, 3.8) is 0 Å². The molecule has 0 heterocycles. The predicted octanol–water partition coefficient (Wildman–Crippen LogP) is 9.16. The molecule has 2 rings (SSSR count). The first-order valence-corrected chi connectivity index (χ1v) is 12.4. The van der Waals surface area contributed by atoms with E-state index in [4.69, 9.17) is 0 Å². The number of nitrogens with one attached hydrogen (secondary N) is 1. The number of anilines is 2. The zero-order chi connectivity index (χ0) is 21.3. The number of phenols is 1. The highest BCUT2D eigenvalue weighted by Crippen LogP contribution is 2.20. The number of unbranched alkanes of at least 4 members (excludes halogenated alkanes) is 13. The van der Waals surface area contributed by atoms with Gasteiger partial charge in [-0.25, -0.2) is 0 Å². The van der Waals surface area contributed by atoms with Crippen LogP contribution in [0.1, 0.15) is 102 Å². The fourth-order valence-corrected chi connectivity index (χ4v) is 3.99. The second-order valence-corrected chi connectivity index (χ2v) is 8.71. The van der Waals surface area contributed by atoms with Gasteiger partial charge in [0.1, 0.15) is 5.75 Å². The third-order valence-corrected chi connectivity index (χ3v) is 5.93. The molecule has 2 aromatic rings. The van der Waals surface area contributed by atoms with Gasteiger partial charge < -0.3 is 10.4 Å². The second-order valence-electron chi connectivity index (χ2n) is 8.71. The molecule has 0 saturated carbocycles. The Balaban J connectivity index is 1.43. The zero-order valence-corrected chi connectivity index (χ0v) is 19.2. The minimum Gasteiger partial charge on any atom is -0.508 e. The van der Waals surface area contributed by atoms with Crippen molar-refractivity contribution < 1.29 is 5.11 Å². The van der Waals surface area contributed by atoms with E-state index >= 15 is 0 Å². The topological polar surface area (TPSA) is 32.3 Å². The molecular formula is C28H43NO. The molecule has 0 fully saturated rings. The number of benzene rings is 2. The smallest absolute Gasteiger partial charge is 0.115 e. The molecule has 30 heavy (non-hydrogen) atoms. The Morgan fingerprint density at radius 3 is 1.40 bits per heavy atom. The highest BCUT2D eigenvalue weighted by Gasteiger charge is 1.98. The quantitative estimate of drug-likeness (QED) is 0.201. The van der Waals surface area contributed by atoms with E-state index in [1.165, 1.54) is 102 Å². The Kier molecular flexibility index (Phi) is 12.8. The summed E-state index contributed by atoms with van der Waals surface area (Å²) < 4.78 is 0. The maximum absolute atomic E-state index is 9.36. The summed E-state index contributed by atoms with van der Waals surface area (Å²) >= 11 is 0. The minimum atomic E-state index is 0.295. The van der Waals surface area contributed by atoms with Crippen LogP contribution >= 0.6 is 0 Å². The van der Waals surface area contributed by atoms with E-state index in [9.17, 15) is 5.11 Å². The van der Waals surface area contributed by atoms with Crippen LogP contribution in [0.3, 0.4) is 0 Å². The number of phenolic OH excluding ortho intramolecular Hbond substituents is 1. The maximum atomic E-state index is 9.36. The summed E-state index contributed by atoms with van der Waals surface area (Å²) in [5.74, 6) is 0.295. The molecule has 0 spiro atoms. The number of hydrogen-bond donors (Lipinski definition) is 2. The van der Waals surface area contributed by atoms with E-state index in [0.717, 1.165) is 11.4 Å². The van der Waals surface area contributed by atoms with Crippen LogP contribution in [0.2, 0.25) is 0 Å². The Hall–Kier alpha value is -1.96. The van der Waals surface area contributed by atoms with Gasteiger partial charge in [0.2, 0.25) is 0 Å². The van der Waals surface area contributed by atoms with Gasteiger partial charge in [0.05, 0.1) is 0 Å². The van der Waals surface area contributed by atoms with Gasteiger partial charge in [-0.2, -0.15) is 0 Å². The van der Waals surface area contributed by atoms with Crippen molar-refractivity contribution >= 4 is 11.4 Å². The molecule has 0 unspecified atom stereocenters. The molecule has 0 aromatic heterocycles. The molecule has 2 heteroatoms. The molecule has 2 N–H and O–H groups in total. The number of hydrogen-bond acceptors (Lipinski definition) is 2. The SMILES string of the molecule is CCCCCCCCCCCCCCCCc1ccc(Nc2ccc(O)cc2)cc1. The predicted molar refractivity (Wildman–Crippen MR) is 132 cm³/mol. The Bertz CT molecular complexity index is 647. The van der Waals surface area contributed by atoms with Crippen LogP contribution in [-0.4, -0.2) is 5.11 Å². The molecule has 0 amide bonds. The fraction of sp³-hybridized carbons (Fsp3) is 0.571. The average Bonchev–Trinajstić information content (AvgIpc) is 2.77. The summed E-state index contributed by atoms with van der Waals surface area (Å²) in [6, 6.07) is 15.9. The standard InChI is InChI=1S/C28H43NO/c1-2-3-4-5-6-7-8-9-10-11-12-13-14-15-16-25-17-19-26(20-18-25)29-27-21-23-28(30)24-22-27/h17-24,29-30H,2-16H2,1H3. The molecule has 0 saturated heterocycles. The Morgan fingerprint density at radius 2 is 0.933 bits per heavy atom. The van der Waals surface area contributed by atoms with E-state index in [-0.39, 0.29) is 0 Å². The molecule has 2 nitrogen and oxygen atoms in total. The van der Waals surface area contributed by atoms with E-state index in [1.54, 1.807) is 12.1 Å². The van der Waals surface area contributed by atoms with Gasteiger partial charge in [-0.1, -0.05) is 103 Å². The highest BCUT2D eigenvalue weighted by atomic mass is 16.3. The third kappa shape index (κ3) is 11.3. The number of aromatic hydroxyl groups is 1. The number of rotatable bonds is 17. The lowest BCUT2D eigenvalue weighted by Gasteiger charge is -2.08. The van der Waals surface area contributed by atoms with Crippen LogP contribution in [0.4, 0.5) is 11.4 Å². The monoisotopic (exact) mass is 409 g/mol. The Labute approximate surface area is 185 Å². The first-order valence-electron chi connectivity index (χ1n) is 12.4. The first kappa shape index (κ1) is 24.3.